The second-order valence-corrected chi connectivity index (χ2v) is 5.51. The summed E-state index contributed by atoms with van der Waals surface area (Å²) in [6.45, 7) is 6.59. The van der Waals surface area contributed by atoms with Crippen LogP contribution in [-0.2, 0) is 4.79 Å². The number of hydrogen-bond acceptors (Lipinski definition) is 4. The molecule has 1 aliphatic rings. The van der Waals surface area contributed by atoms with Gasteiger partial charge in [-0.15, -0.1) is 0 Å². The van der Waals surface area contributed by atoms with Crippen LogP contribution < -0.4 is 9.64 Å². The van der Waals surface area contributed by atoms with Crippen LogP contribution in [0.4, 0.5) is 5.69 Å². The van der Waals surface area contributed by atoms with Gasteiger partial charge < -0.3 is 14.7 Å². The fraction of sp³-hybridized carbons (Fsp3) is 0.533. The number of ether oxygens (including phenoxy) is 1. The number of benzene rings is 1. The van der Waals surface area contributed by atoms with E-state index < -0.39 is 11.5 Å². The first kappa shape index (κ1) is 14.7. The Hall–Kier alpha value is -1.75. The van der Waals surface area contributed by atoms with Crippen molar-refractivity contribution in [3.63, 3.8) is 0 Å². The van der Waals surface area contributed by atoms with Crippen LogP contribution in [0.2, 0.25) is 0 Å². The van der Waals surface area contributed by atoms with E-state index in [1.807, 2.05) is 29.2 Å². The summed E-state index contributed by atoms with van der Waals surface area (Å²) in [7, 11) is 1.67. The predicted molar refractivity (Wildman–Crippen MR) is 78.5 cm³/mol. The van der Waals surface area contributed by atoms with Gasteiger partial charge in [0, 0.05) is 26.2 Å². The van der Waals surface area contributed by atoms with Crippen molar-refractivity contribution in [2.45, 2.75) is 19.4 Å². The van der Waals surface area contributed by atoms with Gasteiger partial charge in [-0.3, -0.25) is 9.69 Å². The Balaban J connectivity index is 2.06. The minimum absolute atomic E-state index is 0.733. The summed E-state index contributed by atoms with van der Waals surface area (Å²) in [6.07, 6.45) is 0. The number of carbonyl (C=O) groups is 1. The lowest BCUT2D eigenvalue weighted by molar-refractivity contribution is -0.149. The maximum atomic E-state index is 11.3. The topological polar surface area (TPSA) is 53.0 Å². The second kappa shape index (κ2) is 5.71. The molecule has 0 saturated carbocycles. The van der Waals surface area contributed by atoms with E-state index >= 15 is 0 Å². The van der Waals surface area contributed by atoms with Crippen LogP contribution in [-0.4, -0.2) is 54.8 Å². The molecule has 110 valence electrons. The summed E-state index contributed by atoms with van der Waals surface area (Å²) in [5.74, 6) is 0.0849. The zero-order valence-corrected chi connectivity index (χ0v) is 12.3. The van der Waals surface area contributed by atoms with E-state index in [9.17, 15) is 9.90 Å². The number of nitrogens with zero attached hydrogens (tertiary/aromatic N) is 2. The van der Waals surface area contributed by atoms with Crippen molar-refractivity contribution in [2.24, 2.45) is 0 Å². The third kappa shape index (κ3) is 2.72. The van der Waals surface area contributed by atoms with Gasteiger partial charge in [0.25, 0.3) is 0 Å². The maximum Gasteiger partial charge on any atom is 0.323 e. The normalized spacial score (nSPS) is 17.1. The number of anilines is 1. The Morgan fingerprint density at radius 3 is 2.35 bits per heavy atom. The number of para-hydroxylation sites is 2. The molecule has 5 heteroatoms. The monoisotopic (exact) mass is 278 g/mol. The lowest BCUT2D eigenvalue weighted by Crippen LogP contribution is -2.58. The smallest absolute Gasteiger partial charge is 0.323 e. The van der Waals surface area contributed by atoms with Gasteiger partial charge in [0.2, 0.25) is 0 Å². The van der Waals surface area contributed by atoms with Gasteiger partial charge in [-0.25, -0.2) is 0 Å². The fourth-order valence-corrected chi connectivity index (χ4v) is 2.53. The van der Waals surface area contributed by atoms with Crippen LogP contribution in [0.15, 0.2) is 24.3 Å². The van der Waals surface area contributed by atoms with Crippen LogP contribution in [0.1, 0.15) is 13.8 Å². The highest BCUT2D eigenvalue weighted by molar-refractivity contribution is 5.77. The molecule has 1 N–H and O–H groups in total. The molecule has 0 bridgehead atoms. The molecule has 0 atom stereocenters. The Morgan fingerprint density at radius 1 is 1.20 bits per heavy atom. The molecule has 1 heterocycles. The molecule has 0 radical (unpaired) electrons. The Kier molecular flexibility index (Phi) is 4.18. The number of aliphatic carboxylic acids is 1. The summed E-state index contributed by atoms with van der Waals surface area (Å²) in [6, 6.07) is 7.93. The van der Waals surface area contributed by atoms with E-state index in [4.69, 9.17) is 4.74 Å². The van der Waals surface area contributed by atoms with Crippen molar-refractivity contribution >= 4 is 11.7 Å². The summed E-state index contributed by atoms with van der Waals surface area (Å²) >= 11 is 0. The van der Waals surface area contributed by atoms with Crippen LogP contribution in [0.3, 0.4) is 0 Å². The van der Waals surface area contributed by atoms with E-state index in [0.29, 0.717) is 0 Å². The molecule has 0 spiro atoms. The molecular weight excluding hydrogens is 256 g/mol. The Labute approximate surface area is 119 Å². The zero-order valence-electron chi connectivity index (χ0n) is 12.3. The van der Waals surface area contributed by atoms with Crippen LogP contribution in [0.25, 0.3) is 0 Å². The van der Waals surface area contributed by atoms with E-state index in [1.54, 1.807) is 21.0 Å². The molecule has 2 rings (SSSR count). The lowest BCUT2D eigenvalue weighted by atomic mass is 10.0. The van der Waals surface area contributed by atoms with Crippen molar-refractivity contribution in [2.75, 3.05) is 38.2 Å². The molecule has 5 nitrogen and oxygen atoms in total. The van der Waals surface area contributed by atoms with Gasteiger partial charge in [-0.2, -0.15) is 0 Å². The Morgan fingerprint density at radius 2 is 1.80 bits per heavy atom. The predicted octanol–water partition coefficient (Wildman–Crippen LogP) is 1.68. The molecule has 1 fully saturated rings. The highest BCUT2D eigenvalue weighted by atomic mass is 16.5. The molecule has 0 amide bonds. The number of rotatable bonds is 4. The fourth-order valence-electron chi connectivity index (χ4n) is 2.53. The molecule has 20 heavy (non-hydrogen) atoms. The maximum absolute atomic E-state index is 11.3. The quantitative estimate of drug-likeness (QED) is 0.908. The number of methoxy groups -OCH3 is 1. The second-order valence-electron chi connectivity index (χ2n) is 5.51. The molecule has 0 aromatic heterocycles. The molecule has 0 aliphatic carbocycles. The first-order valence-corrected chi connectivity index (χ1v) is 6.83. The average molecular weight is 278 g/mol. The largest absolute Gasteiger partial charge is 0.495 e. The first-order valence-electron chi connectivity index (χ1n) is 6.83. The van der Waals surface area contributed by atoms with Crippen molar-refractivity contribution in [1.82, 2.24) is 4.90 Å². The van der Waals surface area contributed by atoms with Crippen molar-refractivity contribution in [3.05, 3.63) is 24.3 Å². The Bertz CT molecular complexity index is 480. The number of carboxylic acid groups (broad SMARTS) is 1. The van der Waals surface area contributed by atoms with Crippen molar-refractivity contribution in [1.29, 1.82) is 0 Å². The SMILES string of the molecule is COc1ccccc1N1CCN(C(C)(C)C(=O)O)CC1. The van der Waals surface area contributed by atoms with Crippen LogP contribution in [0, 0.1) is 0 Å². The molecule has 1 aliphatic heterocycles. The van der Waals surface area contributed by atoms with Gasteiger partial charge >= 0.3 is 5.97 Å². The summed E-state index contributed by atoms with van der Waals surface area (Å²) in [5.41, 5.74) is 0.259. The standard InChI is InChI=1S/C15H22N2O3/c1-15(2,14(18)19)17-10-8-16(9-11-17)12-6-4-5-7-13(12)20-3/h4-7H,8-11H2,1-3H3,(H,18,19). The third-order valence-corrected chi connectivity index (χ3v) is 4.02. The molecule has 1 aromatic rings. The van der Waals surface area contributed by atoms with E-state index in [0.717, 1.165) is 37.6 Å². The van der Waals surface area contributed by atoms with Gasteiger partial charge in [0.15, 0.2) is 0 Å². The number of piperazine rings is 1. The highest BCUT2D eigenvalue weighted by Crippen LogP contribution is 2.29. The van der Waals surface area contributed by atoms with Crippen LogP contribution >= 0.6 is 0 Å². The van der Waals surface area contributed by atoms with Crippen molar-refractivity contribution in [3.8, 4) is 5.75 Å². The van der Waals surface area contributed by atoms with Crippen molar-refractivity contribution < 1.29 is 14.6 Å². The minimum Gasteiger partial charge on any atom is -0.495 e. The highest BCUT2D eigenvalue weighted by Gasteiger charge is 2.36. The molecule has 1 saturated heterocycles. The lowest BCUT2D eigenvalue weighted by Gasteiger charge is -2.42. The third-order valence-electron chi connectivity index (χ3n) is 4.02. The first-order chi connectivity index (χ1) is 9.46. The van der Waals surface area contributed by atoms with Gasteiger partial charge in [0.1, 0.15) is 11.3 Å². The minimum atomic E-state index is -0.813. The molecule has 1 aromatic carbocycles. The zero-order chi connectivity index (χ0) is 14.8. The molecular formula is C15H22N2O3. The summed E-state index contributed by atoms with van der Waals surface area (Å²) in [5, 5.41) is 9.28. The van der Waals surface area contributed by atoms with Crippen LogP contribution in [0.5, 0.6) is 5.75 Å². The van der Waals surface area contributed by atoms with Gasteiger partial charge in [-0.1, -0.05) is 12.1 Å². The summed E-state index contributed by atoms with van der Waals surface area (Å²) in [4.78, 5) is 15.6. The molecule has 0 unspecified atom stereocenters. The van der Waals surface area contributed by atoms with Gasteiger partial charge in [-0.05, 0) is 26.0 Å². The van der Waals surface area contributed by atoms with E-state index in [1.165, 1.54) is 0 Å². The van der Waals surface area contributed by atoms with E-state index in [2.05, 4.69) is 4.90 Å². The average Bonchev–Trinajstić information content (AvgIpc) is 2.47. The number of carboxylic acids is 1. The van der Waals surface area contributed by atoms with Gasteiger partial charge in [0.05, 0.1) is 12.8 Å². The van der Waals surface area contributed by atoms with E-state index in [-0.39, 0.29) is 0 Å². The number of hydrogen-bond donors (Lipinski definition) is 1. The summed E-state index contributed by atoms with van der Waals surface area (Å²) < 4.78 is 5.38.